The third-order valence-corrected chi connectivity index (χ3v) is 7.35. The van der Waals surface area contributed by atoms with Crippen LogP contribution < -0.4 is 15.4 Å². The van der Waals surface area contributed by atoms with Crippen LogP contribution in [0.4, 0.5) is 5.69 Å². The van der Waals surface area contributed by atoms with E-state index in [1.807, 2.05) is 63.2 Å². The van der Waals surface area contributed by atoms with Gasteiger partial charge < -0.3 is 15.4 Å². The first kappa shape index (κ1) is 24.6. The molecule has 0 saturated carbocycles. The van der Waals surface area contributed by atoms with Gasteiger partial charge in [-0.05, 0) is 62.9 Å². The summed E-state index contributed by atoms with van der Waals surface area (Å²) in [6.45, 7) is 6.42. The molecule has 0 fully saturated rings. The highest BCUT2D eigenvalue weighted by Crippen LogP contribution is 2.46. The van der Waals surface area contributed by atoms with E-state index in [1.54, 1.807) is 0 Å². The number of carbonyl (C=O) groups is 2. The number of anilines is 1. The second kappa shape index (κ2) is 10.8. The summed E-state index contributed by atoms with van der Waals surface area (Å²) in [7, 11) is 0. The normalized spacial score (nSPS) is 17.4. The van der Waals surface area contributed by atoms with Gasteiger partial charge in [0.2, 0.25) is 5.91 Å². The maximum absolute atomic E-state index is 13.0. The topological polar surface area (TPSA) is 91.2 Å². The first-order valence-electron chi connectivity index (χ1n) is 11.8. The van der Waals surface area contributed by atoms with Crippen molar-refractivity contribution in [2.75, 3.05) is 17.7 Å². The van der Waals surface area contributed by atoms with E-state index in [0.717, 1.165) is 40.9 Å². The van der Waals surface area contributed by atoms with E-state index in [9.17, 15) is 14.9 Å². The molecule has 1 amide bonds. The molecule has 0 saturated heterocycles. The molecule has 1 unspecified atom stereocenters. The number of allylic oxidation sites excluding steroid dienone is 3. The molecule has 0 aromatic heterocycles. The molecule has 0 bridgehead atoms. The number of amides is 1. The Morgan fingerprint density at radius 2 is 2.00 bits per heavy atom. The van der Waals surface area contributed by atoms with Gasteiger partial charge in [-0.25, -0.2) is 0 Å². The summed E-state index contributed by atoms with van der Waals surface area (Å²) in [6.07, 6.45) is 1.96. The zero-order chi connectivity index (χ0) is 24.9. The summed E-state index contributed by atoms with van der Waals surface area (Å²) in [5.41, 5.74) is 5.74. The van der Waals surface area contributed by atoms with E-state index in [-0.39, 0.29) is 17.4 Å². The number of dihydropyridines is 1. The van der Waals surface area contributed by atoms with Crippen molar-refractivity contribution in [1.82, 2.24) is 5.32 Å². The lowest BCUT2D eigenvalue weighted by molar-refractivity contribution is -0.116. The second-order valence-corrected chi connectivity index (χ2v) is 9.67. The van der Waals surface area contributed by atoms with Crippen LogP contribution in [0.2, 0.25) is 0 Å². The average molecular weight is 488 g/mol. The average Bonchev–Trinajstić information content (AvgIpc) is 2.85. The lowest BCUT2D eigenvalue weighted by atomic mass is 9.76. The lowest BCUT2D eigenvalue weighted by Crippen LogP contribution is -2.32. The molecule has 35 heavy (non-hydrogen) atoms. The number of hydrogen-bond donors (Lipinski definition) is 2. The minimum absolute atomic E-state index is 0.0549. The van der Waals surface area contributed by atoms with Gasteiger partial charge in [0, 0.05) is 28.9 Å². The number of thioether (sulfide) groups is 1. The number of Topliss-reactive ketones (excluding diaryl/α,β-unsaturated/α-hetero) is 1. The fourth-order valence-corrected chi connectivity index (χ4v) is 5.37. The van der Waals surface area contributed by atoms with Crippen LogP contribution in [0.15, 0.2) is 64.3 Å². The molecule has 2 aromatic rings. The van der Waals surface area contributed by atoms with Crippen LogP contribution in [0.25, 0.3) is 0 Å². The van der Waals surface area contributed by atoms with Crippen molar-refractivity contribution >= 4 is 29.1 Å². The quantitative estimate of drug-likeness (QED) is 0.536. The summed E-state index contributed by atoms with van der Waals surface area (Å²) >= 11 is 1.29. The number of carbonyl (C=O) groups excluding carboxylic acids is 2. The van der Waals surface area contributed by atoms with E-state index in [4.69, 9.17) is 4.74 Å². The van der Waals surface area contributed by atoms with Gasteiger partial charge in [-0.15, -0.1) is 0 Å². The molecule has 1 aliphatic carbocycles. The molecule has 1 atom stereocenters. The first-order valence-corrected chi connectivity index (χ1v) is 12.8. The van der Waals surface area contributed by atoms with Crippen molar-refractivity contribution in [3.8, 4) is 11.8 Å². The Bertz CT molecular complexity index is 1270. The standard InChI is InChI=1S/C28H29N3O3S/c1-4-34-24-11-6-5-8-20(24)26-21(15-29)28(31-22-9-7-10-23(32)27(22)26)35-16-25(33)30-19-13-12-17(2)18(3)14-19/h5-6,8,11-14,26,31H,4,7,9-10,16H2,1-3H3,(H,30,33). The number of para-hydroxylation sites is 1. The van der Waals surface area contributed by atoms with Gasteiger partial charge in [-0.1, -0.05) is 36.0 Å². The van der Waals surface area contributed by atoms with Crippen LogP contribution in [0.3, 0.4) is 0 Å². The Balaban J connectivity index is 1.64. The third-order valence-electron chi connectivity index (χ3n) is 6.33. The van der Waals surface area contributed by atoms with E-state index in [2.05, 4.69) is 16.7 Å². The number of hydrogen-bond acceptors (Lipinski definition) is 6. The highest BCUT2D eigenvalue weighted by Gasteiger charge is 2.38. The highest BCUT2D eigenvalue weighted by atomic mass is 32.2. The summed E-state index contributed by atoms with van der Waals surface area (Å²) in [4.78, 5) is 25.7. The molecule has 7 heteroatoms. The third kappa shape index (κ3) is 5.28. The fourth-order valence-electron chi connectivity index (χ4n) is 4.51. The van der Waals surface area contributed by atoms with Crippen molar-refractivity contribution in [2.45, 2.75) is 46.0 Å². The van der Waals surface area contributed by atoms with Gasteiger partial charge in [0.05, 0.1) is 34.9 Å². The largest absolute Gasteiger partial charge is 0.494 e. The summed E-state index contributed by atoms with van der Waals surface area (Å²) in [5.74, 6) is 0.181. The Labute approximate surface area is 210 Å². The van der Waals surface area contributed by atoms with E-state index in [0.29, 0.717) is 35.0 Å². The van der Waals surface area contributed by atoms with Crippen LogP contribution in [0.1, 0.15) is 48.8 Å². The summed E-state index contributed by atoms with van der Waals surface area (Å²) < 4.78 is 5.86. The number of benzene rings is 2. The van der Waals surface area contributed by atoms with Crippen LogP contribution in [0, 0.1) is 25.2 Å². The number of ether oxygens (including phenoxy) is 1. The molecular formula is C28H29N3O3S. The van der Waals surface area contributed by atoms with Crippen molar-refractivity contribution in [3.63, 3.8) is 0 Å². The van der Waals surface area contributed by atoms with Crippen molar-refractivity contribution < 1.29 is 14.3 Å². The summed E-state index contributed by atoms with van der Waals surface area (Å²) in [6, 6.07) is 15.7. The van der Waals surface area contributed by atoms with Gasteiger partial charge in [-0.2, -0.15) is 5.26 Å². The molecule has 1 heterocycles. The fraction of sp³-hybridized carbons (Fsp3) is 0.321. The molecule has 0 spiro atoms. The molecule has 0 radical (unpaired) electrons. The number of nitrogens with zero attached hydrogens (tertiary/aromatic N) is 1. The number of rotatable bonds is 7. The Hall–Kier alpha value is -3.50. The van der Waals surface area contributed by atoms with Crippen molar-refractivity contribution in [1.29, 1.82) is 5.26 Å². The second-order valence-electron chi connectivity index (χ2n) is 8.69. The van der Waals surface area contributed by atoms with Gasteiger partial charge >= 0.3 is 0 Å². The maximum Gasteiger partial charge on any atom is 0.234 e. The molecule has 4 rings (SSSR count). The van der Waals surface area contributed by atoms with Gasteiger partial charge in [-0.3, -0.25) is 9.59 Å². The van der Waals surface area contributed by atoms with Gasteiger partial charge in [0.15, 0.2) is 5.78 Å². The Kier molecular flexibility index (Phi) is 7.62. The van der Waals surface area contributed by atoms with Crippen molar-refractivity contribution in [2.24, 2.45) is 0 Å². The van der Waals surface area contributed by atoms with E-state index < -0.39 is 5.92 Å². The van der Waals surface area contributed by atoms with Crippen LogP contribution in [-0.4, -0.2) is 24.1 Å². The smallest absolute Gasteiger partial charge is 0.234 e. The van der Waals surface area contributed by atoms with Crippen molar-refractivity contribution in [3.05, 3.63) is 81.0 Å². The van der Waals surface area contributed by atoms with Crippen LogP contribution >= 0.6 is 11.8 Å². The van der Waals surface area contributed by atoms with E-state index >= 15 is 0 Å². The SMILES string of the molecule is CCOc1ccccc1C1C(C#N)=C(SCC(=O)Nc2ccc(C)c(C)c2)NC2=C1C(=O)CCC2. The summed E-state index contributed by atoms with van der Waals surface area (Å²) in [5, 5.41) is 17.1. The minimum Gasteiger partial charge on any atom is -0.494 e. The number of nitrogens with one attached hydrogen (secondary N) is 2. The zero-order valence-electron chi connectivity index (χ0n) is 20.2. The Morgan fingerprint density at radius 3 is 2.74 bits per heavy atom. The van der Waals surface area contributed by atoms with Crippen LogP contribution in [0.5, 0.6) is 5.75 Å². The molecule has 1 aliphatic heterocycles. The minimum atomic E-state index is -0.517. The molecule has 2 aliphatic rings. The monoisotopic (exact) mass is 487 g/mol. The number of aryl methyl sites for hydroxylation is 2. The first-order chi connectivity index (χ1) is 16.9. The van der Waals surface area contributed by atoms with Gasteiger partial charge in [0.1, 0.15) is 5.75 Å². The molecule has 2 aromatic carbocycles. The number of ketones is 1. The predicted molar refractivity (Wildman–Crippen MR) is 139 cm³/mol. The number of nitriles is 1. The highest BCUT2D eigenvalue weighted by molar-refractivity contribution is 8.03. The van der Waals surface area contributed by atoms with Gasteiger partial charge in [0.25, 0.3) is 0 Å². The lowest BCUT2D eigenvalue weighted by Gasteiger charge is -2.33. The zero-order valence-corrected chi connectivity index (χ0v) is 21.1. The van der Waals surface area contributed by atoms with Crippen LogP contribution in [-0.2, 0) is 9.59 Å². The molecule has 180 valence electrons. The maximum atomic E-state index is 13.0. The molecule has 2 N–H and O–H groups in total. The molecule has 6 nitrogen and oxygen atoms in total. The Morgan fingerprint density at radius 1 is 1.20 bits per heavy atom. The molecular weight excluding hydrogens is 458 g/mol. The van der Waals surface area contributed by atoms with E-state index in [1.165, 1.54) is 11.8 Å². The predicted octanol–water partition coefficient (Wildman–Crippen LogP) is 5.50.